The fraction of sp³-hybridized carbons (Fsp3) is 0.562. The number of hydrogen-bond acceptors (Lipinski definition) is 3. The highest BCUT2D eigenvalue weighted by molar-refractivity contribution is 6.35. The van der Waals surface area contributed by atoms with E-state index in [1.165, 1.54) is 12.8 Å². The standard InChI is InChI=1S/C16H23Cl2N3O/c1-11-3-2-7-21(15(11)10-19)8-6-16(22)20-14-9-12(17)4-5-13(14)18/h4-5,9,11,15H,2-3,6-8,10,19H2,1H3,(H,20,22). The Hall–Kier alpha value is -0.810. The average Bonchev–Trinajstić information content (AvgIpc) is 2.49. The van der Waals surface area contributed by atoms with Crippen LogP contribution in [-0.2, 0) is 4.79 Å². The molecule has 22 heavy (non-hydrogen) atoms. The molecule has 1 aliphatic heterocycles. The van der Waals surface area contributed by atoms with E-state index in [9.17, 15) is 4.79 Å². The summed E-state index contributed by atoms with van der Waals surface area (Å²) >= 11 is 12.0. The van der Waals surface area contributed by atoms with E-state index in [0.717, 1.165) is 13.1 Å². The summed E-state index contributed by atoms with van der Waals surface area (Å²) in [5.41, 5.74) is 6.43. The van der Waals surface area contributed by atoms with E-state index < -0.39 is 0 Å². The first-order valence-corrected chi connectivity index (χ1v) is 8.46. The van der Waals surface area contributed by atoms with Gasteiger partial charge in [-0.1, -0.05) is 30.1 Å². The SMILES string of the molecule is CC1CCCN(CCC(=O)Nc2cc(Cl)ccc2Cl)C1CN. The molecule has 1 aromatic rings. The first-order valence-electron chi connectivity index (χ1n) is 7.70. The predicted octanol–water partition coefficient (Wildman–Crippen LogP) is 3.38. The largest absolute Gasteiger partial charge is 0.329 e. The van der Waals surface area contributed by atoms with Crippen LogP contribution in [0.2, 0.25) is 10.0 Å². The molecule has 2 rings (SSSR count). The molecule has 0 saturated carbocycles. The van der Waals surface area contributed by atoms with Crippen LogP contribution in [0, 0.1) is 5.92 Å². The van der Waals surface area contributed by atoms with Crippen LogP contribution in [0.5, 0.6) is 0 Å². The average molecular weight is 344 g/mol. The van der Waals surface area contributed by atoms with E-state index >= 15 is 0 Å². The second-order valence-electron chi connectivity index (χ2n) is 5.88. The number of amides is 1. The van der Waals surface area contributed by atoms with Gasteiger partial charge in [0.15, 0.2) is 0 Å². The lowest BCUT2D eigenvalue weighted by molar-refractivity contribution is -0.116. The molecule has 4 nitrogen and oxygen atoms in total. The Labute approximate surface area is 141 Å². The number of nitrogens with zero attached hydrogens (tertiary/aromatic N) is 1. The molecule has 2 atom stereocenters. The van der Waals surface area contributed by atoms with Gasteiger partial charge in [-0.25, -0.2) is 0 Å². The Morgan fingerprint density at radius 1 is 1.45 bits per heavy atom. The van der Waals surface area contributed by atoms with Crippen LogP contribution in [0.1, 0.15) is 26.2 Å². The summed E-state index contributed by atoms with van der Waals surface area (Å²) in [5.74, 6) is 0.530. The van der Waals surface area contributed by atoms with Crippen LogP contribution >= 0.6 is 23.2 Å². The van der Waals surface area contributed by atoms with E-state index in [1.54, 1.807) is 18.2 Å². The molecule has 1 amide bonds. The van der Waals surface area contributed by atoms with Gasteiger partial charge in [-0.05, 0) is 43.5 Å². The van der Waals surface area contributed by atoms with Crippen LogP contribution < -0.4 is 11.1 Å². The predicted molar refractivity (Wildman–Crippen MR) is 92.5 cm³/mol. The summed E-state index contributed by atoms with van der Waals surface area (Å²) < 4.78 is 0. The highest BCUT2D eigenvalue weighted by atomic mass is 35.5. The summed E-state index contributed by atoms with van der Waals surface area (Å²) in [5, 5.41) is 3.86. The molecule has 0 radical (unpaired) electrons. The Kier molecular flexibility index (Phi) is 6.50. The van der Waals surface area contributed by atoms with Gasteiger partial charge in [-0.2, -0.15) is 0 Å². The summed E-state index contributed by atoms with van der Waals surface area (Å²) in [4.78, 5) is 14.5. The Bertz CT molecular complexity index is 524. The number of likely N-dealkylation sites (tertiary alicyclic amines) is 1. The number of halogens is 2. The topological polar surface area (TPSA) is 58.4 Å². The molecule has 0 aromatic heterocycles. The number of nitrogens with two attached hydrogens (primary N) is 1. The van der Waals surface area contributed by atoms with E-state index in [2.05, 4.69) is 17.1 Å². The van der Waals surface area contributed by atoms with Gasteiger partial charge in [0.2, 0.25) is 5.91 Å². The number of piperidine rings is 1. The minimum atomic E-state index is -0.0573. The zero-order valence-electron chi connectivity index (χ0n) is 12.8. The van der Waals surface area contributed by atoms with Gasteiger partial charge < -0.3 is 11.1 Å². The molecule has 6 heteroatoms. The van der Waals surface area contributed by atoms with Crippen LogP contribution in [0.4, 0.5) is 5.69 Å². The molecule has 0 aliphatic carbocycles. The number of anilines is 1. The first kappa shape index (κ1) is 17.5. The maximum atomic E-state index is 12.1. The molecule has 1 saturated heterocycles. The van der Waals surface area contributed by atoms with E-state index in [-0.39, 0.29) is 5.91 Å². The molecular weight excluding hydrogens is 321 g/mol. The summed E-state index contributed by atoms with van der Waals surface area (Å²) in [6.07, 6.45) is 2.80. The van der Waals surface area contributed by atoms with Gasteiger partial charge in [0.1, 0.15) is 0 Å². The van der Waals surface area contributed by atoms with Crippen molar-refractivity contribution in [3.8, 4) is 0 Å². The van der Waals surface area contributed by atoms with Gasteiger partial charge in [0, 0.05) is 30.6 Å². The third-order valence-corrected chi connectivity index (χ3v) is 4.87. The normalized spacial score (nSPS) is 22.5. The van der Waals surface area contributed by atoms with Crippen LogP contribution in [0.3, 0.4) is 0 Å². The van der Waals surface area contributed by atoms with Crippen LogP contribution in [0.15, 0.2) is 18.2 Å². The van der Waals surface area contributed by atoms with E-state index in [1.807, 2.05) is 0 Å². The van der Waals surface area contributed by atoms with Gasteiger partial charge >= 0.3 is 0 Å². The lowest BCUT2D eigenvalue weighted by atomic mass is 9.90. The second-order valence-corrected chi connectivity index (χ2v) is 6.72. The fourth-order valence-electron chi connectivity index (χ4n) is 3.04. The molecule has 1 aliphatic rings. The number of hydrogen-bond donors (Lipinski definition) is 2. The molecule has 1 fully saturated rings. The number of nitrogens with one attached hydrogen (secondary N) is 1. The van der Waals surface area contributed by atoms with E-state index in [4.69, 9.17) is 28.9 Å². The molecule has 122 valence electrons. The Morgan fingerprint density at radius 3 is 2.95 bits per heavy atom. The molecule has 2 unspecified atom stereocenters. The van der Waals surface area contributed by atoms with Crippen molar-refractivity contribution >= 4 is 34.8 Å². The lowest BCUT2D eigenvalue weighted by Gasteiger charge is -2.39. The molecular formula is C16H23Cl2N3O. The van der Waals surface area contributed by atoms with Gasteiger partial charge in [-0.3, -0.25) is 9.69 Å². The van der Waals surface area contributed by atoms with Crippen molar-refractivity contribution in [3.05, 3.63) is 28.2 Å². The number of carbonyl (C=O) groups excluding carboxylic acids is 1. The monoisotopic (exact) mass is 343 g/mol. The maximum Gasteiger partial charge on any atom is 0.225 e. The van der Waals surface area contributed by atoms with Gasteiger partial charge in [0.05, 0.1) is 10.7 Å². The zero-order chi connectivity index (χ0) is 16.1. The first-order chi connectivity index (χ1) is 10.5. The second kappa shape index (κ2) is 8.16. The van der Waals surface area contributed by atoms with Gasteiger partial charge in [0.25, 0.3) is 0 Å². The third kappa shape index (κ3) is 4.59. The minimum Gasteiger partial charge on any atom is -0.329 e. The number of carbonyl (C=O) groups is 1. The van der Waals surface area contributed by atoms with Crippen LogP contribution in [0.25, 0.3) is 0 Å². The van der Waals surface area contributed by atoms with Crippen molar-refractivity contribution in [2.45, 2.75) is 32.2 Å². The molecule has 1 aromatic carbocycles. The van der Waals surface area contributed by atoms with Crippen molar-refractivity contribution in [1.29, 1.82) is 0 Å². The van der Waals surface area contributed by atoms with E-state index in [0.29, 0.717) is 40.7 Å². The smallest absolute Gasteiger partial charge is 0.225 e. The Balaban J connectivity index is 1.88. The van der Waals surface area contributed by atoms with Crippen molar-refractivity contribution in [2.24, 2.45) is 11.7 Å². The summed E-state index contributed by atoms with van der Waals surface area (Å²) in [7, 11) is 0. The highest BCUT2D eigenvalue weighted by Crippen LogP contribution is 2.26. The van der Waals surface area contributed by atoms with Crippen molar-refractivity contribution in [1.82, 2.24) is 4.90 Å². The summed E-state index contributed by atoms with van der Waals surface area (Å²) in [6.45, 7) is 4.60. The van der Waals surface area contributed by atoms with Crippen molar-refractivity contribution < 1.29 is 4.79 Å². The fourth-order valence-corrected chi connectivity index (χ4v) is 3.38. The van der Waals surface area contributed by atoms with Crippen molar-refractivity contribution in [2.75, 3.05) is 25.0 Å². The lowest BCUT2D eigenvalue weighted by Crippen LogP contribution is -2.49. The summed E-state index contributed by atoms with van der Waals surface area (Å²) in [6, 6.07) is 5.40. The Morgan fingerprint density at radius 2 is 2.23 bits per heavy atom. The minimum absolute atomic E-state index is 0.0573. The van der Waals surface area contributed by atoms with Crippen LogP contribution in [-0.4, -0.2) is 36.5 Å². The number of benzene rings is 1. The highest BCUT2D eigenvalue weighted by Gasteiger charge is 2.27. The maximum absolute atomic E-state index is 12.1. The molecule has 0 spiro atoms. The van der Waals surface area contributed by atoms with Gasteiger partial charge in [-0.15, -0.1) is 0 Å². The van der Waals surface area contributed by atoms with Crippen molar-refractivity contribution in [3.63, 3.8) is 0 Å². The quantitative estimate of drug-likeness (QED) is 0.861. The molecule has 0 bridgehead atoms. The molecule has 3 N–H and O–H groups in total. The molecule has 1 heterocycles. The zero-order valence-corrected chi connectivity index (χ0v) is 14.3. The number of rotatable bonds is 5. The third-order valence-electron chi connectivity index (χ3n) is 4.30.